The number of aliphatic hydroxyl groups is 1. The number of hydrogen-bond donors (Lipinski definition) is 1. The van der Waals surface area contributed by atoms with E-state index in [-0.39, 0.29) is 6.61 Å². The maximum atomic E-state index is 9.17. The molecular weight excluding hydrogens is 268 g/mol. The fraction of sp³-hybridized carbons (Fsp3) is 0.438. The van der Waals surface area contributed by atoms with E-state index >= 15 is 0 Å². The van der Waals surface area contributed by atoms with Crippen molar-refractivity contribution in [2.45, 2.75) is 13.0 Å². The highest BCUT2D eigenvalue weighted by atomic mass is 16.5. The summed E-state index contributed by atoms with van der Waals surface area (Å²) in [7, 11) is 1.65. The Labute approximate surface area is 124 Å². The van der Waals surface area contributed by atoms with Crippen LogP contribution in [0.3, 0.4) is 0 Å². The molecule has 5 nitrogen and oxygen atoms in total. The van der Waals surface area contributed by atoms with Crippen molar-refractivity contribution in [3.8, 4) is 17.1 Å². The van der Waals surface area contributed by atoms with E-state index in [4.69, 9.17) is 14.3 Å². The minimum atomic E-state index is 0.263. The number of benzene rings is 1. The molecule has 0 bridgehead atoms. The molecule has 1 unspecified atom stereocenters. The smallest absolute Gasteiger partial charge is 0.209 e. The molecule has 5 heteroatoms. The van der Waals surface area contributed by atoms with Gasteiger partial charge in [0.15, 0.2) is 5.76 Å². The number of oxazole rings is 1. The predicted molar refractivity (Wildman–Crippen MR) is 79.0 cm³/mol. The molecule has 0 aliphatic carbocycles. The zero-order chi connectivity index (χ0) is 14.7. The highest BCUT2D eigenvalue weighted by molar-refractivity contribution is 5.57. The van der Waals surface area contributed by atoms with Crippen molar-refractivity contribution in [1.29, 1.82) is 0 Å². The van der Waals surface area contributed by atoms with Crippen molar-refractivity contribution in [2.24, 2.45) is 5.92 Å². The van der Waals surface area contributed by atoms with Gasteiger partial charge >= 0.3 is 0 Å². The highest BCUT2D eigenvalue weighted by Crippen LogP contribution is 2.24. The molecule has 1 fully saturated rings. The van der Waals surface area contributed by atoms with Gasteiger partial charge in [-0.1, -0.05) is 0 Å². The van der Waals surface area contributed by atoms with Crippen LogP contribution in [-0.2, 0) is 6.54 Å². The summed E-state index contributed by atoms with van der Waals surface area (Å²) in [6, 6.07) is 7.73. The third-order valence-corrected chi connectivity index (χ3v) is 3.92. The summed E-state index contributed by atoms with van der Waals surface area (Å²) < 4.78 is 11.0. The van der Waals surface area contributed by atoms with Crippen LogP contribution in [0.2, 0.25) is 0 Å². The van der Waals surface area contributed by atoms with Crippen molar-refractivity contribution in [2.75, 3.05) is 26.8 Å². The van der Waals surface area contributed by atoms with Gasteiger partial charge in [0.1, 0.15) is 5.75 Å². The number of methoxy groups -OCH3 is 1. The van der Waals surface area contributed by atoms with Gasteiger partial charge in [-0.25, -0.2) is 4.98 Å². The van der Waals surface area contributed by atoms with E-state index in [1.807, 2.05) is 24.3 Å². The number of hydrogen-bond acceptors (Lipinski definition) is 5. The third kappa shape index (κ3) is 3.25. The summed E-state index contributed by atoms with van der Waals surface area (Å²) in [4.78, 5) is 6.62. The molecule has 3 rings (SSSR count). The Hall–Kier alpha value is -1.85. The Morgan fingerprint density at radius 3 is 2.86 bits per heavy atom. The molecule has 2 heterocycles. The maximum absolute atomic E-state index is 9.17. The van der Waals surface area contributed by atoms with E-state index in [1.165, 1.54) is 0 Å². The molecule has 1 aliphatic heterocycles. The second-order valence-electron chi connectivity index (χ2n) is 5.42. The first-order chi connectivity index (χ1) is 10.3. The number of likely N-dealkylation sites (tertiary alicyclic amines) is 1. The summed E-state index contributed by atoms with van der Waals surface area (Å²) in [6.07, 6.45) is 2.80. The standard InChI is InChI=1S/C16H20N2O3/c1-20-14-4-2-13(3-5-14)15-8-17-16(21-15)10-18-7-6-12(9-18)11-19/h2-5,8,12,19H,6-7,9-11H2,1H3. The Kier molecular flexibility index (Phi) is 4.22. The van der Waals surface area contributed by atoms with Crippen LogP contribution in [0.1, 0.15) is 12.3 Å². The summed E-state index contributed by atoms with van der Waals surface area (Å²) >= 11 is 0. The molecule has 2 aromatic rings. The monoisotopic (exact) mass is 288 g/mol. The summed E-state index contributed by atoms with van der Waals surface area (Å²) in [6.45, 7) is 2.87. The molecule has 21 heavy (non-hydrogen) atoms. The average molecular weight is 288 g/mol. The number of aliphatic hydroxyl groups excluding tert-OH is 1. The fourth-order valence-electron chi connectivity index (χ4n) is 2.67. The van der Waals surface area contributed by atoms with Crippen LogP contribution < -0.4 is 4.74 Å². The minimum absolute atomic E-state index is 0.263. The van der Waals surface area contributed by atoms with Crippen LogP contribution in [0.5, 0.6) is 5.75 Å². The van der Waals surface area contributed by atoms with Gasteiger partial charge in [0, 0.05) is 18.7 Å². The molecule has 0 spiro atoms. The van der Waals surface area contributed by atoms with Gasteiger partial charge in [0.05, 0.1) is 19.9 Å². The normalized spacial score (nSPS) is 19.0. The van der Waals surface area contributed by atoms with Gasteiger partial charge in [-0.2, -0.15) is 0 Å². The Morgan fingerprint density at radius 2 is 2.19 bits per heavy atom. The van der Waals surface area contributed by atoms with Crippen molar-refractivity contribution < 1.29 is 14.3 Å². The highest BCUT2D eigenvalue weighted by Gasteiger charge is 2.23. The lowest BCUT2D eigenvalue weighted by Gasteiger charge is -2.12. The Balaban J connectivity index is 1.65. The summed E-state index contributed by atoms with van der Waals surface area (Å²) in [5.74, 6) is 2.71. The quantitative estimate of drug-likeness (QED) is 0.913. The average Bonchev–Trinajstić information content (AvgIpc) is 3.17. The number of aromatic nitrogens is 1. The van der Waals surface area contributed by atoms with E-state index in [0.29, 0.717) is 12.5 Å². The third-order valence-electron chi connectivity index (χ3n) is 3.92. The van der Waals surface area contributed by atoms with Gasteiger partial charge in [-0.05, 0) is 43.1 Å². The summed E-state index contributed by atoms with van der Waals surface area (Å²) in [5.41, 5.74) is 0.990. The Bertz CT molecular complexity index is 579. The van der Waals surface area contributed by atoms with Crippen molar-refractivity contribution >= 4 is 0 Å². The van der Waals surface area contributed by atoms with Gasteiger partial charge < -0.3 is 14.3 Å². The molecule has 1 atom stereocenters. The topological polar surface area (TPSA) is 58.7 Å². The number of ether oxygens (including phenoxy) is 1. The lowest BCUT2D eigenvalue weighted by atomic mass is 10.1. The lowest BCUT2D eigenvalue weighted by molar-refractivity contribution is 0.215. The lowest BCUT2D eigenvalue weighted by Crippen LogP contribution is -2.21. The molecule has 1 aromatic heterocycles. The largest absolute Gasteiger partial charge is 0.497 e. The molecule has 0 saturated carbocycles. The van der Waals surface area contributed by atoms with Gasteiger partial charge in [0.2, 0.25) is 5.89 Å². The van der Waals surface area contributed by atoms with E-state index in [9.17, 15) is 0 Å². The Morgan fingerprint density at radius 1 is 1.38 bits per heavy atom. The van der Waals surface area contributed by atoms with Crippen LogP contribution in [0.4, 0.5) is 0 Å². The SMILES string of the molecule is COc1ccc(-c2cnc(CN3CCC(CO)C3)o2)cc1. The van der Waals surface area contributed by atoms with Crippen LogP contribution in [0, 0.1) is 5.92 Å². The zero-order valence-electron chi connectivity index (χ0n) is 12.2. The van der Waals surface area contributed by atoms with E-state index in [2.05, 4.69) is 9.88 Å². The first-order valence-electron chi connectivity index (χ1n) is 7.21. The van der Waals surface area contributed by atoms with Crippen molar-refractivity contribution in [1.82, 2.24) is 9.88 Å². The first-order valence-corrected chi connectivity index (χ1v) is 7.21. The van der Waals surface area contributed by atoms with Crippen molar-refractivity contribution in [3.63, 3.8) is 0 Å². The van der Waals surface area contributed by atoms with Crippen molar-refractivity contribution in [3.05, 3.63) is 36.4 Å². The van der Waals surface area contributed by atoms with E-state index in [1.54, 1.807) is 13.3 Å². The molecule has 1 N–H and O–H groups in total. The molecule has 1 aromatic carbocycles. The molecule has 0 radical (unpaired) electrons. The number of nitrogens with zero attached hydrogens (tertiary/aromatic N) is 2. The molecule has 1 aliphatic rings. The fourth-order valence-corrected chi connectivity index (χ4v) is 2.67. The van der Waals surface area contributed by atoms with Crippen LogP contribution >= 0.6 is 0 Å². The van der Waals surface area contributed by atoms with Gasteiger partial charge in [-0.3, -0.25) is 4.90 Å². The predicted octanol–water partition coefficient (Wildman–Crippen LogP) is 2.16. The molecule has 112 valence electrons. The van der Waals surface area contributed by atoms with Crippen LogP contribution in [0.25, 0.3) is 11.3 Å². The maximum Gasteiger partial charge on any atom is 0.209 e. The first kappa shape index (κ1) is 14.1. The number of rotatable bonds is 5. The van der Waals surface area contributed by atoms with Crippen LogP contribution in [0.15, 0.2) is 34.9 Å². The zero-order valence-corrected chi connectivity index (χ0v) is 12.2. The molecule has 1 saturated heterocycles. The molecular formula is C16H20N2O3. The van der Waals surface area contributed by atoms with Gasteiger partial charge in [-0.15, -0.1) is 0 Å². The second kappa shape index (κ2) is 6.28. The van der Waals surface area contributed by atoms with Crippen LogP contribution in [-0.4, -0.2) is 41.8 Å². The van der Waals surface area contributed by atoms with E-state index in [0.717, 1.165) is 42.5 Å². The van der Waals surface area contributed by atoms with Gasteiger partial charge in [0.25, 0.3) is 0 Å². The van der Waals surface area contributed by atoms with E-state index < -0.39 is 0 Å². The summed E-state index contributed by atoms with van der Waals surface area (Å²) in [5, 5.41) is 9.17. The molecule has 0 amide bonds. The minimum Gasteiger partial charge on any atom is -0.497 e. The second-order valence-corrected chi connectivity index (χ2v) is 5.42.